The molecule has 1 saturated carbocycles. The Labute approximate surface area is 107 Å². The molecule has 2 fully saturated rings. The van der Waals surface area contributed by atoms with E-state index in [2.05, 4.69) is 16.0 Å². The zero-order valence-corrected chi connectivity index (χ0v) is 10.7. The highest BCUT2D eigenvalue weighted by molar-refractivity contribution is 5.97. The van der Waals surface area contributed by atoms with E-state index < -0.39 is 0 Å². The van der Waals surface area contributed by atoms with Crippen LogP contribution >= 0.6 is 0 Å². The first-order chi connectivity index (χ1) is 8.75. The fourth-order valence-corrected chi connectivity index (χ4v) is 2.43. The summed E-state index contributed by atoms with van der Waals surface area (Å²) in [6, 6.07) is 2.16. The molecule has 0 radical (unpaired) electrons. The Morgan fingerprint density at radius 2 is 2.11 bits per heavy atom. The lowest BCUT2D eigenvalue weighted by atomic mass is 10.1. The number of morpholine rings is 1. The van der Waals surface area contributed by atoms with E-state index in [1.165, 1.54) is 18.4 Å². The smallest absolute Gasteiger partial charge is 0.180 e. The van der Waals surface area contributed by atoms with E-state index in [0.29, 0.717) is 11.6 Å². The molecule has 0 unspecified atom stereocenters. The zero-order valence-electron chi connectivity index (χ0n) is 10.7. The van der Waals surface area contributed by atoms with Crippen molar-refractivity contribution in [3.8, 4) is 0 Å². The molecular formula is C14H18N2O2. The number of Topliss-reactive ketones (excluding diaryl/α,β-unsaturated/α-hetero) is 1. The van der Waals surface area contributed by atoms with Crippen LogP contribution in [0.3, 0.4) is 0 Å². The lowest BCUT2D eigenvalue weighted by molar-refractivity contribution is 0.101. The van der Waals surface area contributed by atoms with Gasteiger partial charge in [0.05, 0.1) is 18.9 Å². The van der Waals surface area contributed by atoms with Crippen molar-refractivity contribution in [3.05, 3.63) is 23.5 Å². The molecule has 96 valence electrons. The molecule has 1 aromatic heterocycles. The SMILES string of the molecule is CC(=O)c1ncc(C2CC2)cc1N1CCOCC1. The fourth-order valence-electron chi connectivity index (χ4n) is 2.43. The van der Waals surface area contributed by atoms with Gasteiger partial charge in [-0.05, 0) is 30.4 Å². The minimum absolute atomic E-state index is 0.0406. The Bertz CT molecular complexity index is 463. The predicted molar refractivity (Wildman–Crippen MR) is 69.2 cm³/mol. The summed E-state index contributed by atoms with van der Waals surface area (Å²) in [5, 5.41) is 0. The van der Waals surface area contributed by atoms with Crippen molar-refractivity contribution >= 4 is 11.5 Å². The van der Waals surface area contributed by atoms with Gasteiger partial charge in [-0.25, -0.2) is 0 Å². The topological polar surface area (TPSA) is 42.4 Å². The van der Waals surface area contributed by atoms with Gasteiger partial charge in [0.2, 0.25) is 0 Å². The minimum Gasteiger partial charge on any atom is -0.378 e. The number of pyridine rings is 1. The number of rotatable bonds is 3. The van der Waals surface area contributed by atoms with Crippen LogP contribution in [0, 0.1) is 0 Å². The van der Waals surface area contributed by atoms with Crippen molar-refractivity contribution in [1.82, 2.24) is 4.98 Å². The molecule has 0 amide bonds. The van der Waals surface area contributed by atoms with Crippen molar-refractivity contribution in [2.24, 2.45) is 0 Å². The van der Waals surface area contributed by atoms with Crippen LogP contribution in [0.1, 0.15) is 41.7 Å². The largest absolute Gasteiger partial charge is 0.378 e. The van der Waals surface area contributed by atoms with Gasteiger partial charge in [-0.2, -0.15) is 0 Å². The van der Waals surface area contributed by atoms with E-state index >= 15 is 0 Å². The number of nitrogens with zero attached hydrogens (tertiary/aromatic N) is 2. The van der Waals surface area contributed by atoms with E-state index in [-0.39, 0.29) is 5.78 Å². The molecule has 1 saturated heterocycles. The number of hydrogen-bond donors (Lipinski definition) is 0. The highest BCUT2D eigenvalue weighted by Crippen LogP contribution is 2.41. The average molecular weight is 246 g/mol. The first-order valence-corrected chi connectivity index (χ1v) is 6.59. The van der Waals surface area contributed by atoms with Crippen LogP contribution in [-0.4, -0.2) is 37.1 Å². The van der Waals surface area contributed by atoms with Gasteiger partial charge in [0, 0.05) is 26.2 Å². The normalized spacial score (nSPS) is 19.9. The van der Waals surface area contributed by atoms with Crippen molar-refractivity contribution in [3.63, 3.8) is 0 Å². The van der Waals surface area contributed by atoms with Crippen molar-refractivity contribution in [2.45, 2.75) is 25.7 Å². The molecule has 0 N–H and O–H groups in total. The van der Waals surface area contributed by atoms with Gasteiger partial charge in [-0.3, -0.25) is 9.78 Å². The van der Waals surface area contributed by atoms with Crippen LogP contribution in [0.15, 0.2) is 12.3 Å². The predicted octanol–water partition coefficient (Wildman–Crippen LogP) is 2.00. The van der Waals surface area contributed by atoms with E-state index in [1.807, 2.05) is 6.20 Å². The zero-order chi connectivity index (χ0) is 12.5. The number of ether oxygens (including phenoxy) is 1. The van der Waals surface area contributed by atoms with E-state index in [0.717, 1.165) is 32.0 Å². The summed E-state index contributed by atoms with van der Waals surface area (Å²) < 4.78 is 5.36. The third-order valence-corrected chi connectivity index (χ3v) is 3.62. The molecule has 3 rings (SSSR count). The molecule has 18 heavy (non-hydrogen) atoms. The first-order valence-electron chi connectivity index (χ1n) is 6.59. The van der Waals surface area contributed by atoms with Crippen molar-refractivity contribution in [2.75, 3.05) is 31.2 Å². The van der Waals surface area contributed by atoms with Gasteiger partial charge in [0.15, 0.2) is 5.78 Å². The van der Waals surface area contributed by atoms with Crippen LogP contribution in [0.25, 0.3) is 0 Å². The molecular weight excluding hydrogens is 228 g/mol. The monoisotopic (exact) mass is 246 g/mol. The summed E-state index contributed by atoms with van der Waals surface area (Å²) >= 11 is 0. The van der Waals surface area contributed by atoms with Gasteiger partial charge in [-0.1, -0.05) is 0 Å². The Balaban J connectivity index is 1.96. The Kier molecular flexibility index (Phi) is 3.04. The van der Waals surface area contributed by atoms with Gasteiger partial charge < -0.3 is 9.64 Å². The summed E-state index contributed by atoms with van der Waals surface area (Å²) in [6.07, 6.45) is 4.38. The molecule has 0 bridgehead atoms. The third kappa shape index (κ3) is 2.25. The molecule has 2 heterocycles. The van der Waals surface area contributed by atoms with Gasteiger partial charge in [0.25, 0.3) is 0 Å². The molecule has 1 aliphatic carbocycles. The lowest BCUT2D eigenvalue weighted by Gasteiger charge is -2.30. The average Bonchev–Trinajstić information content (AvgIpc) is 3.23. The molecule has 2 aliphatic rings. The maximum atomic E-state index is 11.7. The number of carbonyl (C=O) groups is 1. The molecule has 0 atom stereocenters. The summed E-state index contributed by atoms with van der Waals surface area (Å²) in [5.41, 5.74) is 2.87. The van der Waals surface area contributed by atoms with E-state index in [9.17, 15) is 4.79 Å². The van der Waals surface area contributed by atoms with E-state index in [4.69, 9.17) is 4.74 Å². The summed E-state index contributed by atoms with van der Waals surface area (Å²) in [6.45, 7) is 4.73. The number of ketones is 1. The molecule has 1 aromatic rings. The molecule has 4 heteroatoms. The fraction of sp³-hybridized carbons (Fsp3) is 0.571. The van der Waals surface area contributed by atoms with Crippen LogP contribution in [0.5, 0.6) is 0 Å². The second-order valence-electron chi connectivity index (χ2n) is 5.07. The van der Waals surface area contributed by atoms with E-state index in [1.54, 1.807) is 6.92 Å². The van der Waals surface area contributed by atoms with Gasteiger partial charge >= 0.3 is 0 Å². The molecule has 4 nitrogen and oxygen atoms in total. The second kappa shape index (κ2) is 4.69. The number of carbonyl (C=O) groups excluding carboxylic acids is 1. The van der Waals surface area contributed by atoms with Crippen LogP contribution in [0.4, 0.5) is 5.69 Å². The summed E-state index contributed by atoms with van der Waals surface area (Å²) in [7, 11) is 0. The lowest BCUT2D eigenvalue weighted by Crippen LogP contribution is -2.37. The highest BCUT2D eigenvalue weighted by atomic mass is 16.5. The Hall–Kier alpha value is -1.42. The highest BCUT2D eigenvalue weighted by Gasteiger charge is 2.26. The Morgan fingerprint density at radius 1 is 1.39 bits per heavy atom. The van der Waals surface area contributed by atoms with Crippen molar-refractivity contribution in [1.29, 1.82) is 0 Å². The molecule has 1 aliphatic heterocycles. The van der Waals surface area contributed by atoms with Gasteiger partial charge in [-0.15, -0.1) is 0 Å². The maximum Gasteiger partial charge on any atom is 0.180 e. The maximum absolute atomic E-state index is 11.7. The summed E-state index contributed by atoms with van der Waals surface area (Å²) in [5.74, 6) is 0.706. The number of anilines is 1. The third-order valence-electron chi connectivity index (χ3n) is 3.62. The second-order valence-corrected chi connectivity index (χ2v) is 5.07. The van der Waals surface area contributed by atoms with Crippen LogP contribution in [0.2, 0.25) is 0 Å². The molecule has 0 aromatic carbocycles. The number of hydrogen-bond acceptors (Lipinski definition) is 4. The summed E-state index contributed by atoms with van der Waals surface area (Å²) in [4.78, 5) is 18.3. The standard InChI is InChI=1S/C14H18N2O2/c1-10(17)14-13(16-4-6-18-7-5-16)8-12(9-15-14)11-2-3-11/h8-9,11H,2-7H2,1H3. The van der Waals surface area contributed by atoms with Crippen molar-refractivity contribution < 1.29 is 9.53 Å². The van der Waals surface area contributed by atoms with Crippen LogP contribution < -0.4 is 4.90 Å². The minimum atomic E-state index is 0.0406. The van der Waals surface area contributed by atoms with Gasteiger partial charge in [0.1, 0.15) is 5.69 Å². The number of aromatic nitrogens is 1. The quantitative estimate of drug-likeness (QED) is 0.765. The van der Waals surface area contributed by atoms with Crippen LogP contribution in [-0.2, 0) is 4.74 Å². The molecule has 0 spiro atoms. The first kappa shape index (κ1) is 11.7. The Morgan fingerprint density at radius 3 is 2.72 bits per heavy atom.